The van der Waals surface area contributed by atoms with Crippen molar-refractivity contribution in [2.45, 2.75) is 46.1 Å². The summed E-state index contributed by atoms with van der Waals surface area (Å²) in [4.78, 5) is 27.4. The normalized spacial score (nSPS) is 11.6. The number of amides is 2. The van der Waals surface area contributed by atoms with Crippen LogP contribution >= 0.6 is 23.2 Å². The zero-order chi connectivity index (χ0) is 25.2. The maximum atomic E-state index is 13.3. The molecular formula is C25H27Cl2FN4O2. The van der Waals surface area contributed by atoms with Crippen LogP contribution in [0.5, 0.6) is 0 Å². The zero-order valence-corrected chi connectivity index (χ0v) is 21.2. The monoisotopic (exact) mass is 504 g/mol. The molecule has 3 rings (SSSR count). The van der Waals surface area contributed by atoms with Crippen molar-refractivity contribution in [1.29, 1.82) is 0 Å². The van der Waals surface area contributed by atoms with Gasteiger partial charge >= 0.3 is 0 Å². The molecule has 2 aromatic carbocycles. The van der Waals surface area contributed by atoms with Crippen LogP contribution in [0.2, 0.25) is 10.0 Å². The minimum absolute atomic E-state index is 0.189. The minimum Gasteiger partial charge on any atom is -0.327 e. The Hall–Kier alpha value is -2.90. The van der Waals surface area contributed by atoms with E-state index in [1.54, 1.807) is 28.9 Å². The Morgan fingerprint density at radius 1 is 1.06 bits per heavy atom. The van der Waals surface area contributed by atoms with Gasteiger partial charge in [0.1, 0.15) is 18.2 Å². The van der Waals surface area contributed by atoms with Gasteiger partial charge in [0.25, 0.3) is 5.91 Å². The van der Waals surface area contributed by atoms with Gasteiger partial charge in [-0.05, 0) is 56.3 Å². The fraction of sp³-hybridized carbons (Fsp3) is 0.320. The van der Waals surface area contributed by atoms with E-state index in [2.05, 4.69) is 10.4 Å². The van der Waals surface area contributed by atoms with E-state index in [0.29, 0.717) is 27.1 Å². The molecule has 0 radical (unpaired) electrons. The Morgan fingerprint density at radius 2 is 1.71 bits per heavy atom. The van der Waals surface area contributed by atoms with E-state index in [0.717, 1.165) is 5.69 Å². The van der Waals surface area contributed by atoms with Gasteiger partial charge in [-0.3, -0.25) is 9.59 Å². The van der Waals surface area contributed by atoms with Crippen LogP contribution in [0.1, 0.15) is 50.7 Å². The van der Waals surface area contributed by atoms with Crippen LogP contribution in [-0.4, -0.2) is 39.1 Å². The van der Waals surface area contributed by atoms with Crippen molar-refractivity contribution in [3.8, 4) is 5.69 Å². The molecule has 0 spiro atoms. The lowest BCUT2D eigenvalue weighted by atomic mass is 9.92. The average molecular weight is 505 g/mol. The summed E-state index contributed by atoms with van der Waals surface area (Å²) < 4.78 is 14.8. The molecular weight excluding hydrogens is 478 g/mol. The third-order valence-electron chi connectivity index (χ3n) is 5.18. The summed E-state index contributed by atoms with van der Waals surface area (Å²) in [5.74, 6) is -0.758. The van der Waals surface area contributed by atoms with Crippen LogP contribution in [0.25, 0.3) is 5.69 Å². The molecule has 0 aliphatic heterocycles. The van der Waals surface area contributed by atoms with Crippen molar-refractivity contribution in [3.05, 3.63) is 75.7 Å². The van der Waals surface area contributed by atoms with Gasteiger partial charge in [-0.15, -0.1) is 0 Å². The maximum Gasteiger partial charge on any atom is 0.254 e. The van der Waals surface area contributed by atoms with E-state index < -0.39 is 11.7 Å². The van der Waals surface area contributed by atoms with E-state index >= 15 is 0 Å². The van der Waals surface area contributed by atoms with Gasteiger partial charge in [0.05, 0.1) is 21.4 Å². The van der Waals surface area contributed by atoms with Gasteiger partial charge in [-0.1, -0.05) is 44.0 Å². The summed E-state index contributed by atoms with van der Waals surface area (Å²) >= 11 is 12.3. The second-order valence-corrected chi connectivity index (χ2v) is 10.1. The van der Waals surface area contributed by atoms with Gasteiger partial charge in [0.15, 0.2) is 0 Å². The van der Waals surface area contributed by atoms with Gasteiger partial charge in [-0.2, -0.15) is 5.10 Å². The topological polar surface area (TPSA) is 67.2 Å². The third kappa shape index (κ3) is 5.96. The molecule has 0 bridgehead atoms. The Labute approximate surface area is 208 Å². The van der Waals surface area contributed by atoms with Crippen LogP contribution < -0.4 is 5.32 Å². The first kappa shape index (κ1) is 25.7. The van der Waals surface area contributed by atoms with E-state index in [1.807, 2.05) is 34.6 Å². The van der Waals surface area contributed by atoms with Crippen molar-refractivity contribution in [3.63, 3.8) is 0 Å². The van der Waals surface area contributed by atoms with Crippen LogP contribution in [0.15, 0.2) is 48.5 Å². The van der Waals surface area contributed by atoms with E-state index in [4.69, 9.17) is 23.2 Å². The highest BCUT2D eigenvalue weighted by Gasteiger charge is 2.25. The molecule has 9 heteroatoms. The van der Waals surface area contributed by atoms with E-state index in [1.165, 1.54) is 29.2 Å². The van der Waals surface area contributed by atoms with Gasteiger partial charge in [-0.25, -0.2) is 9.07 Å². The smallest absolute Gasteiger partial charge is 0.254 e. The fourth-order valence-electron chi connectivity index (χ4n) is 3.23. The first-order chi connectivity index (χ1) is 15.9. The zero-order valence-electron chi connectivity index (χ0n) is 19.7. The van der Waals surface area contributed by atoms with Crippen LogP contribution in [0, 0.1) is 5.82 Å². The molecule has 6 nitrogen and oxygen atoms in total. The number of nitrogens with one attached hydrogen (secondary N) is 1. The highest BCUT2D eigenvalue weighted by Crippen LogP contribution is 2.29. The van der Waals surface area contributed by atoms with Crippen molar-refractivity contribution < 1.29 is 14.0 Å². The number of halogens is 3. The summed E-state index contributed by atoms with van der Waals surface area (Å²) in [6.45, 7) is 9.48. The van der Waals surface area contributed by atoms with Crippen LogP contribution in [0.4, 0.5) is 10.2 Å². The Balaban J connectivity index is 1.88. The van der Waals surface area contributed by atoms with E-state index in [-0.39, 0.29) is 23.9 Å². The number of carbonyl (C=O) groups excluding carboxylic acids is 2. The highest BCUT2D eigenvalue weighted by atomic mass is 35.5. The number of rotatable bonds is 6. The Bertz CT molecular complexity index is 1200. The average Bonchev–Trinajstić information content (AvgIpc) is 3.18. The quantitative estimate of drug-likeness (QED) is 0.440. The summed E-state index contributed by atoms with van der Waals surface area (Å²) in [6.07, 6.45) is 0. The molecule has 180 valence electrons. The molecule has 0 fully saturated rings. The van der Waals surface area contributed by atoms with Crippen LogP contribution in [0.3, 0.4) is 0 Å². The molecule has 1 aromatic heterocycles. The lowest BCUT2D eigenvalue weighted by Gasteiger charge is -2.26. The van der Waals surface area contributed by atoms with Crippen molar-refractivity contribution >= 4 is 40.8 Å². The second-order valence-electron chi connectivity index (χ2n) is 9.26. The largest absolute Gasteiger partial charge is 0.327 e. The third-order valence-corrected chi connectivity index (χ3v) is 5.92. The summed E-state index contributed by atoms with van der Waals surface area (Å²) in [5, 5.41) is 8.30. The van der Waals surface area contributed by atoms with Gasteiger partial charge in [0.2, 0.25) is 5.91 Å². The Morgan fingerprint density at radius 3 is 2.26 bits per heavy atom. The number of benzene rings is 2. The molecule has 0 unspecified atom stereocenters. The van der Waals surface area contributed by atoms with Gasteiger partial charge < -0.3 is 10.2 Å². The number of hydrogen-bond acceptors (Lipinski definition) is 3. The highest BCUT2D eigenvalue weighted by molar-refractivity contribution is 6.42. The fourth-order valence-corrected chi connectivity index (χ4v) is 3.53. The Kier molecular flexibility index (Phi) is 7.68. The molecule has 3 aromatic rings. The SMILES string of the molecule is CC(C)N(CC(=O)Nc1cc(C(C)(C)C)nn1-c1ccc(Cl)c(Cl)c1)C(=O)c1ccc(F)cc1. The molecule has 0 aliphatic rings. The number of hydrogen-bond donors (Lipinski definition) is 1. The molecule has 0 aliphatic carbocycles. The number of aromatic nitrogens is 2. The van der Waals surface area contributed by atoms with Crippen LogP contribution in [-0.2, 0) is 10.2 Å². The second kappa shape index (κ2) is 10.2. The maximum absolute atomic E-state index is 13.3. The van der Waals surface area contributed by atoms with Gasteiger partial charge in [0, 0.05) is 23.1 Å². The molecule has 0 saturated carbocycles. The summed E-state index contributed by atoms with van der Waals surface area (Å²) in [5.41, 5.74) is 1.42. The van der Waals surface area contributed by atoms with Crippen molar-refractivity contribution in [1.82, 2.24) is 14.7 Å². The standard InChI is InChI=1S/C25H27Cl2FN4O2/c1-15(2)31(24(34)16-6-8-17(28)9-7-16)14-23(33)29-22-13-21(25(3,4)5)30-32(22)18-10-11-19(26)20(27)12-18/h6-13,15H,14H2,1-5H3,(H,29,33). The van der Waals surface area contributed by atoms with Crippen molar-refractivity contribution in [2.24, 2.45) is 0 Å². The van der Waals surface area contributed by atoms with Crippen molar-refractivity contribution in [2.75, 3.05) is 11.9 Å². The first-order valence-corrected chi connectivity index (χ1v) is 11.5. The molecule has 2 amide bonds. The predicted octanol–water partition coefficient (Wildman–Crippen LogP) is 6.11. The molecule has 34 heavy (non-hydrogen) atoms. The minimum atomic E-state index is -0.435. The summed E-state index contributed by atoms with van der Waals surface area (Å²) in [6, 6.07) is 11.9. The number of anilines is 1. The lowest BCUT2D eigenvalue weighted by molar-refractivity contribution is -0.117. The first-order valence-electron chi connectivity index (χ1n) is 10.8. The molecule has 0 atom stereocenters. The van der Waals surface area contributed by atoms with E-state index in [9.17, 15) is 14.0 Å². The lowest BCUT2D eigenvalue weighted by Crippen LogP contribution is -2.42. The number of nitrogens with zero attached hydrogens (tertiary/aromatic N) is 3. The molecule has 1 heterocycles. The molecule has 0 saturated heterocycles. The molecule has 1 N–H and O–H groups in total. The summed E-state index contributed by atoms with van der Waals surface area (Å²) in [7, 11) is 0. The predicted molar refractivity (Wildman–Crippen MR) is 133 cm³/mol. The number of carbonyl (C=O) groups is 2.